The molecule has 1 saturated heterocycles. The normalized spacial score (nSPS) is 35.5. The maximum atomic E-state index is 12.3. The molecule has 0 aromatic carbocycles. The van der Waals surface area contributed by atoms with Crippen molar-refractivity contribution in [3.8, 4) is 0 Å². The van der Waals surface area contributed by atoms with Crippen molar-refractivity contribution in [1.82, 2.24) is 9.80 Å². The Bertz CT molecular complexity index is 610. The van der Waals surface area contributed by atoms with Gasteiger partial charge in [-0.25, -0.2) is 9.59 Å². The summed E-state index contributed by atoms with van der Waals surface area (Å²) >= 11 is 0. The molecule has 2 amide bonds. The number of likely N-dealkylation sites (tertiary alicyclic amines) is 1. The summed E-state index contributed by atoms with van der Waals surface area (Å²) in [6, 6.07) is -0.276. The Labute approximate surface area is 133 Å². The predicted octanol–water partition coefficient (Wildman–Crippen LogP) is 0.166. The van der Waals surface area contributed by atoms with E-state index in [1.807, 2.05) is 0 Å². The first kappa shape index (κ1) is 15.8. The fraction of sp³-hybridized carbons (Fsp3) is 0.667. The molecule has 126 valence electrons. The van der Waals surface area contributed by atoms with Crippen molar-refractivity contribution in [3.05, 3.63) is 12.2 Å². The van der Waals surface area contributed by atoms with Crippen molar-refractivity contribution in [1.29, 1.82) is 0 Å². The molecule has 0 bridgehead atoms. The number of fused-ring (bicyclic) bond motifs is 1. The molecule has 8 nitrogen and oxygen atoms in total. The number of hydrogen-bond donors (Lipinski definition) is 2. The third-order valence-corrected chi connectivity index (χ3v) is 4.52. The Balaban J connectivity index is 1.89. The predicted molar refractivity (Wildman–Crippen MR) is 77.2 cm³/mol. The van der Waals surface area contributed by atoms with Gasteiger partial charge in [-0.2, -0.15) is 0 Å². The molecule has 2 fully saturated rings. The fourth-order valence-electron chi connectivity index (χ4n) is 3.54. The number of carboxylic acid groups (broad SMARTS) is 1. The summed E-state index contributed by atoms with van der Waals surface area (Å²) in [6.07, 6.45) is 0.992. The molecule has 4 atom stereocenters. The van der Waals surface area contributed by atoms with Gasteiger partial charge in [-0.15, -0.1) is 0 Å². The lowest BCUT2D eigenvalue weighted by atomic mass is 9.92. The molecule has 1 saturated carbocycles. The van der Waals surface area contributed by atoms with Crippen LogP contribution in [0.3, 0.4) is 0 Å². The van der Waals surface area contributed by atoms with Crippen molar-refractivity contribution in [2.75, 3.05) is 6.54 Å². The number of rotatable bonds is 2. The van der Waals surface area contributed by atoms with Gasteiger partial charge in [0.1, 0.15) is 11.8 Å². The van der Waals surface area contributed by atoms with E-state index in [-0.39, 0.29) is 12.6 Å². The molecular weight excluding hydrogens is 304 g/mol. The van der Waals surface area contributed by atoms with Gasteiger partial charge in [-0.05, 0) is 33.3 Å². The monoisotopic (exact) mass is 324 g/mol. The fourth-order valence-corrected chi connectivity index (χ4v) is 3.54. The number of ether oxygens (including phenoxy) is 1. The number of nitrogens with zero attached hydrogens (tertiary/aromatic N) is 2. The average Bonchev–Trinajstić information content (AvgIpc) is 3.02. The lowest BCUT2D eigenvalue weighted by Crippen LogP contribution is -2.62. The van der Waals surface area contributed by atoms with Crippen LogP contribution in [0.2, 0.25) is 0 Å². The van der Waals surface area contributed by atoms with Crippen LogP contribution < -0.4 is 0 Å². The van der Waals surface area contributed by atoms with Crippen LogP contribution in [0.4, 0.5) is 4.79 Å². The Kier molecular flexibility index (Phi) is 3.23. The summed E-state index contributed by atoms with van der Waals surface area (Å²) in [7, 11) is 0. The molecule has 1 aliphatic carbocycles. The molecule has 3 rings (SSSR count). The second kappa shape index (κ2) is 4.70. The van der Waals surface area contributed by atoms with Crippen molar-refractivity contribution < 1.29 is 29.3 Å². The van der Waals surface area contributed by atoms with E-state index in [0.717, 1.165) is 11.0 Å². The summed E-state index contributed by atoms with van der Waals surface area (Å²) in [5, 5.41) is 19.8. The van der Waals surface area contributed by atoms with Gasteiger partial charge in [0, 0.05) is 18.0 Å². The standard InChI is InChI=1S/C15H20N2O6/c1-14(2,3)23-13(22)16-7-15(12(20)21,8-6-9(8)16)17-10(18)4-5-11(17)19/h4-5,8-10,18H,6-7H2,1-3H3,(H,20,21). The maximum Gasteiger partial charge on any atom is 0.410 e. The second-order valence-corrected chi connectivity index (χ2v) is 7.23. The molecule has 0 spiro atoms. The topological polar surface area (TPSA) is 107 Å². The summed E-state index contributed by atoms with van der Waals surface area (Å²) < 4.78 is 5.32. The average molecular weight is 324 g/mol. The summed E-state index contributed by atoms with van der Waals surface area (Å²) in [5.41, 5.74) is -2.30. The zero-order valence-electron chi connectivity index (χ0n) is 13.2. The Morgan fingerprint density at radius 1 is 1.39 bits per heavy atom. The van der Waals surface area contributed by atoms with E-state index in [9.17, 15) is 24.6 Å². The molecule has 23 heavy (non-hydrogen) atoms. The Hall–Kier alpha value is -2.09. The molecule has 2 N–H and O–H groups in total. The van der Waals surface area contributed by atoms with Gasteiger partial charge < -0.3 is 19.8 Å². The van der Waals surface area contributed by atoms with E-state index < -0.39 is 41.3 Å². The highest BCUT2D eigenvalue weighted by Crippen LogP contribution is 2.54. The lowest BCUT2D eigenvalue weighted by Gasteiger charge is -2.39. The van der Waals surface area contributed by atoms with Crippen molar-refractivity contribution in [2.24, 2.45) is 5.92 Å². The summed E-state index contributed by atoms with van der Waals surface area (Å²) in [4.78, 5) is 38.7. The van der Waals surface area contributed by atoms with Gasteiger partial charge in [-0.3, -0.25) is 9.69 Å². The minimum absolute atomic E-state index is 0.183. The zero-order chi connectivity index (χ0) is 17.2. The summed E-state index contributed by atoms with van der Waals surface area (Å²) in [5.74, 6) is -2.17. The minimum Gasteiger partial charge on any atom is -0.479 e. The third-order valence-electron chi connectivity index (χ3n) is 4.52. The van der Waals surface area contributed by atoms with E-state index in [2.05, 4.69) is 0 Å². The molecule has 4 unspecified atom stereocenters. The molecule has 0 aromatic heterocycles. The van der Waals surface area contributed by atoms with Crippen LogP contribution in [0.5, 0.6) is 0 Å². The molecule has 3 aliphatic rings. The number of piperidine rings is 1. The van der Waals surface area contributed by atoms with E-state index >= 15 is 0 Å². The maximum absolute atomic E-state index is 12.3. The number of aliphatic hydroxyl groups excluding tert-OH is 1. The van der Waals surface area contributed by atoms with Gasteiger partial charge in [0.2, 0.25) is 5.91 Å². The number of hydrogen-bond acceptors (Lipinski definition) is 5. The van der Waals surface area contributed by atoms with Crippen molar-refractivity contribution >= 4 is 18.0 Å². The molecule has 8 heteroatoms. The SMILES string of the molecule is CC(C)(C)OC(=O)N1CC(C(=O)O)(N2C(=O)C=CC2O)C2CC21. The smallest absolute Gasteiger partial charge is 0.410 e. The largest absolute Gasteiger partial charge is 0.479 e. The minimum atomic E-state index is -1.61. The van der Waals surface area contributed by atoms with Gasteiger partial charge in [0.25, 0.3) is 0 Å². The first-order valence-corrected chi connectivity index (χ1v) is 7.50. The van der Waals surface area contributed by atoms with Crippen LogP contribution in [0.1, 0.15) is 27.2 Å². The quantitative estimate of drug-likeness (QED) is 0.749. The van der Waals surface area contributed by atoms with Crippen LogP contribution in [0.15, 0.2) is 12.2 Å². The highest BCUT2D eigenvalue weighted by molar-refractivity contribution is 5.97. The zero-order valence-corrected chi connectivity index (χ0v) is 13.2. The summed E-state index contributed by atoms with van der Waals surface area (Å²) in [6.45, 7) is 5.01. The number of carboxylic acids is 1. The van der Waals surface area contributed by atoms with Gasteiger partial charge in [0.05, 0.1) is 6.54 Å². The lowest BCUT2D eigenvalue weighted by molar-refractivity contribution is -0.166. The number of carbonyl (C=O) groups is 3. The van der Waals surface area contributed by atoms with E-state index in [0.29, 0.717) is 6.42 Å². The first-order valence-electron chi connectivity index (χ1n) is 7.50. The molecule has 0 aromatic rings. The highest BCUT2D eigenvalue weighted by atomic mass is 16.6. The highest BCUT2D eigenvalue weighted by Gasteiger charge is 2.71. The number of carbonyl (C=O) groups excluding carboxylic acids is 2. The second-order valence-electron chi connectivity index (χ2n) is 7.23. The van der Waals surface area contributed by atoms with E-state index in [4.69, 9.17) is 4.74 Å². The van der Waals surface area contributed by atoms with E-state index in [1.54, 1.807) is 20.8 Å². The number of aliphatic carboxylic acids is 1. The molecular formula is C15H20N2O6. The van der Waals surface area contributed by atoms with Crippen LogP contribution >= 0.6 is 0 Å². The van der Waals surface area contributed by atoms with Gasteiger partial charge in [0.15, 0.2) is 5.54 Å². The Morgan fingerprint density at radius 3 is 2.52 bits per heavy atom. The Morgan fingerprint density at radius 2 is 2.04 bits per heavy atom. The third kappa shape index (κ3) is 2.28. The molecule has 2 heterocycles. The van der Waals surface area contributed by atoms with Crippen LogP contribution in [0, 0.1) is 5.92 Å². The van der Waals surface area contributed by atoms with Crippen LogP contribution in [-0.2, 0) is 14.3 Å². The van der Waals surface area contributed by atoms with Gasteiger partial charge >= 0.3 is 12.1 Å². The number of aliphatic hydroxyl groups is 1. The number of amides is 2. The van der Waals surface area contributed by atoms with Crippen molar-refractivity contribution in [2.45, 2.75) is 50.6 Å². The molecule has 2 aliphatic heterocycles. The van der Waals surface area contributed by atoms with E-state index in [1.165, 1.54) is 11.0 Å². The van der Waals surface area contributed by atoms with Crippen molar-refractivity contribution in [3.63, 3.8) is 0 Å². The van der Waals surface area contributed by atoms with Gasteiger partial charge in [-0.1, -0.05) is 0 Å². The van der Waals surface area contributed by atoms with Crippen LogP contribution in [-0.4, -0.2) is 67.9 Å². The first-order chi connectivity index (χ1) is 10.6. The van der Waals surface area contributed by atoms with Crippen LogP contribution in [0.25, 0.3) is 0 Å². The molecule has 0 radical (unpaired) electrons.